The quantitative estimate of drug-likeness (QED) is 0.556. The second-order valence-corrected chi connectivity index (χ2v) is 3.29. The Hall–Kier alpha value is -0.570. The summed E-state index contributed by atoms with van der Waals surface area (Å²) < 4.78 is 0. The van der Waals surface area contributed by atoms with Gasteiger partial charge in [-0.2, -0.15) is 0 Å². The van der Waals surface area contributed by atoms with E-state index in [2.05, 4.69) is 5.32 Å². The highest BCUT2D eigenvalue weighted by Gasteiger charge is 2.02. The van der Waals surface area contributed by atoms with E-state index >= 15 is 0 Å². The Bertz CT molecular complexity index is 226. The monoisotopic (exact) mass is 198 g/mol. The van der Waals surface area contributed by atoms with E-state index in [9.17, 15) is 0 Å². The number of nitrogens with one attached hydrogen (secondary N) is 1. The fourth-order valence-electron chi connectivity index (χ4n) is 1.14. The van der Waals surface area contributed by atoms with Crippen LogP contribution in [0.4, 0.5) is 0 Å². The molecule has 0 aliphatic rings. The molecule has 1 aromatic rings. The number of nitrogens with two attached hydrogens (primary N) is 1. The maximum Gasteiger partial charge on any atom is 0.0421 e. The zero-order valence-corrected chi connectivity index (χ0v) is 8.30. The predicted octanol–water partition coefficient (Wildman–Crippen LogP) is 1.51. The van der Waals surface area contributed by atoms with Gasteiger partial charge >= 0.3 is 0 Å². The minimum Gasteiger partial charge on any atom is -0.323 e. The van der Waals surface area contributed by atoms with Gasteiger partial charge in [0.2, 0.25) is 0 Å². The SMILES string of the molecule is NC(CNCCCl)c1ccccc1. The van der Waals surface area contributed by atoms with Crippen LogP contribution in [0, 0.1) is 0 Å². The third kappa shape index (κ3) is 3.77. The highest BCUT2D eigenvalue weighted by atomic mass is 35.5. The van der Waals surface area contributed by atoms with E-state index in [0.29, 0.717) is 5.88 Å². The average molecular weight is 199 g/mol. The average Bonchev–Trinajstić information content (AvgIpc) is 2.19. The molecule has 0 aliphatic heterocycles. The summed E-state index contributed by atoms with van der Waals surface area (Å²) >= 11 is 5.53. The molecule has 1 rings (SSSR count). The van der Waals surface area contributed by atoms with E-state index in [1.165, 1.54) is 0 Å². The molecule has 3 heteroatoms. The van der Waals surface area contributed by atoms with Crippen molar-refractivity contribution in [3.8, 4) is 0 Å². The van der Waals surface area contributed by atoms with Crippen LogP contribution in [0.2, 0.25) is 0 Å². The highest BCUT2D eigenvalue weighted by Crippen LogP contribution is 2.07. The topological polar surface area (TPSA) is 38.0 Å². The standard InChI is InChI=1S/C10H15ClN2/c11-6-7-13-8-10(12)9-4-2-1-3-5-9/h1-5,10,13H,6-8,12H2. The molecule has 0 saturated heterocycles. The minimum atomic E-state index is 0.0596. The van der Waals surface area contributed by atoms with Gasteiger partial charge in [-0.1, -0.05) is 30.3 Å². The van der Waals surface area contributed by atoms with E-state index < -0.39 is 0 Å². The zero-order valence-electron chi connectivity index (χ0n) is 7.54. The molecule has 13 heavy (non-hydrogen) atoms. The second kappa shape index (κ2) is 5.97. The first-order valence-electron chi connectivity index (χ1n) is 4.42. The molecule has 3 N–H and O–H groups in total. The van der Waals surface area contributed by atoms with Crippen LogP contribution in [0.5, 0.6) is 0 Å². The summed E-state index contributed by atoms with van der Waals surface area (Å²) in [6.07, 6.45) is 0. The first-order chi connectivity index (χ1) is 6.34. The van der Waals surface area contributed by atoms with Crippen LogP contribution in [0.25, 0.3) is 0 Å². The lowest BCUT2D eigenvalue weighted by Gasteiger charge is -2.11. The first kappa shape index (κ1) is 10.5. The Balaban J connectivity index is 2.35. The van der Waals surface area contributed by atoms with Crippen molar-refractivity contribution < 1.29 is 0 Å². The van der Waals surface area contributed by atoms with Crippen molar-refractivity contribution in [2.75, 3.05) is 19.0 Å². The van der Waals surface area contributed by atoms with Crippen molar-refractivity contribution in [1.82, 2.24) is 5.32 Å². The number of benzene rings is 1. The van der Waals surface area contributed by atoms with E-state index in [4.69, 9.17) is 17.3 Å². The van der Waals surface area contributed by atoms with Gasteiger partial charge in [-0.05, 0) is 5.56 Å². The highest BCUT2D eigenvalue weighted by molar-refractivity contribution is 6.18. The summed E-state index contributed by atoms with van der Waals surface area (Å²) in [7, 11) is 0. The summed E-state index contributed by atoms with van der Waals surface area (Å²) in [5.74, 6) is 0.626. The molecule has 1 unspecified atom stereocenters. The van der Waals surface area contributed by atoms with Crippen LogP contribution in [-0.4, -0.2) is 19.0 Å². The van der Waals surface area contributed by atoms with Crippen LogP contribution in [0.1, 0.15) is 11.6 Å². The normalized spacial score (nSPS) is 12.8. The third-order valence-electron chi connectivity index (χ3n) is 1.86. The zero-order chi connectivity index (χ0) is 9.52. The van der Waals surface area contributed by atoms with Crippen LogP contribution < -0.4 is 11.1 Å². The molecular formula is C10H15ClN2. The first-order valence-corrected chi connectivity index (χ1v) is 4.95. The molecule has 1 aromatic carbocycles. The van der Waals surface area contributed by atoms with Gasteiger partial charge < -0.3 is 11.1 Å². The van der Waals surface area contributed by atoms with Gasteiger partial charge in [0.1, 0.15) is 0 Å². The predicted molar refractivity (Wildman–Crippen MR) is 57.0 cm³/mol. The summed E-state index contributed by atoms with van der Waals surface area (Å²) in [5.41, 5.74) is 7.09. The molecule has 0 aromatic heterocycles. The van der Waals surface area contributed by atoms with E-state index in [1.54, 1.807) is 0 Å². The van der Waals surface area contributed by atoms with Crippen molar-refractivity contribution in [3.63, 3.8) is 0 Å². The van der Waals surface area contributed by atoms with E-state index in [1.807, 2.05) is 30.3 Å². The van der Waals surface area contributed by atoms with Crippen molar-refractivity contribution >= 4 is 11.6 Å². The molecule has 0 heterocycles. The molecule has 0 bridgehead atoms. The van der Waals surface area contributed by atoms with Gasteiger partial charge in [0.05, 0.1) is 0 Å². The van der Waals surface area contributed by atoms with Crippen LogP contribution in [-0.2, 0) is 0 Å². The van der Waals surface area contributed by atoms with Gasteiger partial charge in [-0.25, -0.2) is 0 Å². The van der Waals surface area contributed by atoms with Crippen LogP contribution in [0.15, 0.2) is 30.3 Å². The molecule has 72 valence electrons. The molecule has 0 aliphatic carbocycles. The van der Waals surface area contributed by atoms with Gasteiger partial charge in [-0.3, -0.25) is 0 Å². The van der Waals surface area contributed by atoms with Crippen molar-refractivity contribution in [1.29, 1.82) is 0 Å². The Kier molecular flexibility index (Phi) is 4.83. The number of rotatable bonds is 5. The number of hydrogen-bond donors (Lipinski definition) is 2. The van der Waals surface area contributed by atoms with E-state index in [0.717, 1.165) is 18.7 Å². The molecule has 0 saturated carbocycles. The molecule has 0 spiro atoms. The van der Waals surface area contributed by atoms with Crippen molar-refractivity contribution in [2.45, 2.75) is 6.04 Å². The summed E-state index contributed by atoms with van der Waals surface area (Å²) in [6, 6.07) is 10.1. The molecule has 0 fully saturated rings. The number of hydrogen-bond acceptors (Lipinski definition) is 2. The fraction of sp³-hybridized carbons (Fsp3) is 0.400. The molecular weight excluding hydrogens is 184 g/mol. The number of alkyl halides is 1. The van der Waals surface area contributed by atoms with Crippen LogP contribution in [0.3, 0.4) is 0 Å². The second-order valence-electron chi connectivity index (χ2n) is 2.91. The Morgan fingerprint density at radius 3 is 2.62 bits per heavy atom. The lowest BCUT2D eigenvalue weighted by atomic mass is 10.1. The van der Waals surface area contributed by atoms with Gasteiger partial charge in [0.25, 0.3) is 0 Å². The Morgan fingerprint density at radius 1 is 1.31 bits per heavy atom. The fourth-order valence-corrected chi connectivity index (χ4v) is 1.28. The molecule has 0 radical (unpaired) electrons. The van der Waals surface area contributed by atoms with E-state index in [-0.39, 0.29) is 6.04 Å². The van der Waals surface area contributed by atoms with Crippen molar-refractivity contribution in [3.05, 3.63) is 35.9 Å². The molecule has 2 nitrogen and oxygen atoms in total. The van der Waals surface area contributed by atoms with Crippen molar-refractivity contribution in [2.24, 2.45) is 5.73 Å². The maximum atomic E-state index is 5.93. The number of halogens is 1. The minimum absolute atomic E-state index is 0.0596. The smallest absolute Gasteiger partial charge is 0.0421 e. The third-order valence-corrected chi connectivity index (χ3v) is 2.05. The Morgan fingerprint density at radius 2 is 2.00 bits per heavy atom. The van der Waals surface area contributed by atoms with Gasteiger partial charge in [0.15, 0.2) is 0 Å². The summed E-state index contributed by atoms with van der Waals surface area (Å²) in [6.45, 7) is 1.58. The van der Waals surface area contributed by atoms with Crippen LogP contribution >= 0.6 is 11.6 Å². The van der Waals surface area contributed by atoms with Gasteiger partial charge in [0, 0.05) is 25.0 Å². The summed E-state index contributed by atoms with van der Waals surface area (Å²) in [4.78, 5) is 0. The summed E-state index contributed by atoms with van der Waals surface area (Å²) in [5, 5.41) is 3.18. The Labute approximate surface area is 84.1 Å². The molecule has 0 amide bonds. The van der Waals surface area contributed by atoms with Gasteiger partial charge in [-0.15, -0.1) is 11.6 Å². The lowest BCUT2D eigenvalue weighted by molar-refractivity contribution is 0.617. The molecule has 1 atom stereocenters. The maximum absolute atomic E-state index is 5.93. The lowest BCUT2D eigenvalue weighted by Crippen LogP contribution is -2.28. The largest absolute Gasteiger partial charge is 0.323 e.